The van der Waals surface area contributed by atoms with E-state index in [0.717, 1.165) is 33.7 Å². The molecule has 0 aliphatic carbocycles. The molecule has 0 saturated heterocycles. The van der Waals surface area contributed by atoms with Crippen molar-refractivity contribution in [3.8, 4) is 0 Å². The number of nitrogens with one attached hydrogen (secondary N) is 1. The van der Waals surface area contributed by atoms with E-state index in [2.05, 4.69) is 10.3 Å². The number of thioether (sulfide) groups is 1. The SMILES string of the molecule is Cc1ccc(NC2=NCCCS2)cc1Cl. The van der Waals surface area contributed by atoms with Gasteiger partial charge in [0.15, 0.2) is 5.17 Å². The van der Waals surface area contributed by atoms with Crippen LogP contribution in [0.15, 0.2) is 23.2 Å². The Labute approximate surface area is 99.1 Å². The summed E-state index contributed by atoms with van der Waals surface area (Å²) in [5, 5.41) is 5.07. The standard InChI is InChI=1S/C11H13ClN2S/c1-8-3-4-9(7-10(8)12)14-11-13-5-2-6-15-11/h3-4,7H,2,5-6H2,1H3,(H,13,14). The van der Waals surface area contributed by atoms with E-state index in [4.69, 9.17) is 11.6 Å². The normalized spacial score (nSPS) is 16.0. The summed E-state index contributed by atoms with van der Waals surface area (Å²) in [6.07, 6.45) is 1.17. The zero-order valence-corrected chi connectivity index (χ0v) is 10.2. The summed E-state index contributed by atoms with van der Waals surface area (Å²) >= 11 is 7.81. The third-order valence-corrected chi connectivity index (χ3v) is 3.62. The van der Waals surface area contributed by atoms with Gasteiger partial charge < -0.3 is 5.32 Å². The molecule has 4 heteroatoms. The quantitative estimate of drug-likeness (QED) is 0.812. The van der Waals surface area contributed by atoms with Gasteiger partial charge >= 0.3 is 0 Å². The third kappa shape index (κ3) is 2.89. The van der Waals surface area contributed by atoms with Crippen LogP contribution in [-0.2, 0) is 0 Å². The molecule has 2 nitrogen and oxygen atoms in total. The van der Waals surface area contributed by atoms with Gasteiger partial charge in [-0.3, -0.25) is 4.99 Å². The van der Waals surface area contributed by atoms with Gasteiger partial charge in [-0.25, -0.2) is 0 Å². The topological polar surface area (TPSA) is 24.4 Å². The van der Waals surface area contributed by atoms with Gasteiger partial charge in [-0.2, -0.15) is 0 Å². The average Bonchev–Trinajstić information content (AvgIpc) is 2.25. The number of nitrogens with zero attached hydrogens (tertiary/aromatic N) is 1. The molecule has 0 radical (unpaired) electrons. The second-order valence-corrected chi connectivity index (χ2v) is 4.97. The number of anilines is 1. The summed E-state index contributed by atoms with van der Waals surface area (Å²) in [6, 6.07) is 5.98. The monoisotopic (exact) mass is 240 g/mol. The first-order valence-electron chi connectivity index (χ1n) is 4.96. The smallest absolute Gasteiger partial charge is 0.161 e. The summed E-state index contributed by atoms with van der Waals surface area (Å²) in [5.74, 6) is 1.14. The Hall–Kier alpha value is -0.670. The zero-order chi connectivity index (χ0) is 10.7. The van der Waals surface area contributed by atoms with Gasteiger partial charge in [0.2, 0.25) is 0 Å². The molecule has 0 unspecified atom stereocenters. The van der Waals surface area contributed by atoms with Crippen LogP contribution < -0.4 is 5.32 Å². The van der Waals surface area contributed by atoms with Crippen LogP contribution in [0.4, 0.5) is 5.69 Å². The number of hydrogen-bond acceptors (Lipinski definition) is 3. The molecule has 0 aromatic heterocycles. The second kappa shape index (κ2) is 4.90. The van der Waals surface area contributed by atoms with Crippen LogP contribution in [0.25, 0.3) is 0 Å². The van der Waals surface area contributed by atoms with E-state index in [1.54, 1.807) is 11.8 Å². The Kier molecular flexibility index (Phi) is 3.54. The molecule has 1 N–H and O–H groups in total. The van der Waals surface area contributed by atoms with Gasteiger partial charge in [0, 0.05) is 23.0 Å². The predicted octanol–water partition coefficient (Wildman–Crippen LogP) is 3.55. The van der Waals surface area contributed by atoms with E-state index in [0.29, 0.717) is 0 Å². The molecule has 1 aliphatic heterocycles. The molecule has 0 fully saturated rings. The van der Waals surface area contributed by atoms with Crippen molar-refractivity contribution in [1.82, 2.24) is 0 Å². The Morgan fingerprint density at radius 2 is 2.33 bits per heavy atom. The van der Waals surface area contributed by atoms with Crippen molar-refractivity contribution in [2.24, 2.45) is 4.99 Å². The number of aliphatic imine (C=N–C) groups is 1. The fraction of sp³-hybridized carbons (Fsp3) is 0.364. The Balaban J connectivity index is 2.10. The van der Waals surface area contributed by atoms with Crippen molar-refractivity contribution in [2.75, 3.05) is 17.6 Å². The highest BCUT2D eigenvalue weighted by atomic mass is 35.5. The van der Waals surface area contributed by atoms with Gasteiger partial charge in [-0.15, -0.1) is 0 Å². The number of amidine groups is 1. The minimum Gasteiger partial charge on any atom is -0.335 e. The van der Waals surface area contributed by atoms with E-state index >= 15 is 0 Å². The van der Waals surface area contributed by atoms with E-state index in [1.165, 1.54) is 6.42 Å². The van der Waals surface area contributed by atoms with Crippen molar-refractivity contribution < 1.29 is 0 Å². The molecule has 15 heavy (non-hydrogen) atoms. The fourth-order valence-corrected chi connectivity index (χ4v) is 2.35. The van der Waals surface area contributed by atoms with Crippen molar-refractivity contribution in [3.05, 3.63) is 28.8 Å². The Morgan fingerprint density at radius 3 is 3.00 bits per heavy atom. The first kappa shape index (κ1) is 10.8. The molecule has 1 aromatic carbocycles. The van der Waals surface area contributed by atoms with Crippen molar-refractivity contribution >= 4 is 34.2 Å². The zero-order valence-electron chi connectivity index (χ0n) is 8.59. The van der Waals surface area contributed by atoms with E-state index < -0.39 is 0 Å². The molecule has 0 spiro atoms. The number of benzene rings is 1. The first-order chi connectivity index (χ1) is 7.25. The van der Waals surface area contributed by atoms with Crippen molar-refractivity contribution in [2.45, 2.75) is 13.3 Å². The van der Waals surface area contributed by atoms with Gasteiger partial charge in [-0.05, 0) is 31.0 Å². The highest BCUT2D eigenvalue weighted by Crippen LogP contribution is 2.22. The average molecular weight is 241 g/mol. The highest BCUT2D eigenvalue weighted by Gasteiger charge is 2.06. The molecule has 1 aliphatic rings. The van der Waals surface area contributed by atoms with Gasteiger partial charge in [0.25, 0.3) is 0 Å². The van der Waals surface area contributed by atoms with Crippen molar-refractivity contribution in [3.63, 3.8) is 0 Å². The maximum absolute atomic E-state index is 6.04. The lowest BCUT2D eigenvalue weighted by Crippen LogP contribution is -2.13. The van der Waals surface area contributed by atoms with Crippen LogP contribution in [0, 0.1) is 6.92 Å². The van der Waals surface area contributed by atoms with Gasteiger partial charge in [-0.1, -0.05) is 29.4 Å². The van der Waals surface area contributed by atoms with E-state index in [9.17, 15) is 0 Å². The summed E-state index contributed by atoms with van der Waals surface area (Å²) in [5.41, 5.74) is 2.11. The lowest BCUT2D eigenvalue weighted by atomic mass is 10.2. The maximum Gasteiger partial charge on any atom is 0.161 e. The summed E-state index contributed by atoms with van der Waals surface area (Å²) in [7, 11) is 0. The van der Waals surface area contributed by atoms with E-state index in [-0.39, 0.29) is 0 Å². The largest absolute Gasteiger partial charge is 0.335 e. The lowest BCUT2D eigenvalue weighted by molar-refractivity contribution is 0.938. The number of aryl methyl sites for hydroxylation is 1. The Morgan fingerprint density at radius 1 is 1.47 bits per heavy atom. The van der Waals surface area contributed by atoms with Crippen LogP contribution in [0.3, 0.4) is 0 Å². The number of hydrogen-bond donors (Lipinski definition) is 1. The summed E-state index contributed by atoms with van der Waals surface area (Å²) in [6.45, 7) is 2.92. The molecule has 1 heterocycles. The van der Waals surface area contributed by atoms with Crippen LogP contribution in [0.2, 0.25) is 5.02 Å². The molecule has 0 atom stereocenters. The number of halogens is 1. The molecular formula is C11H13ClN2S. The maximum atomic E-state index is 6.04. The highest BCUT2D eigenvalue weighted by molar-refractivity contribution is 8.14. The number of rotatable bonds is 1. The molecule has 80 valence electrons. The second-order valence-electron chi connectivity index (χ2n) is 3.48. The Bertz CT molecular complexity index is 390. The molecule has 2 rings (SSSR count). The third-order valence-electron chi connectivity index (χ3n) is 2.22. The van der Waals surface area contributed by atoms with Crippen LogP contribution >= 0.6 is 23.4 Å². The van der Waals surface area contributed by atoms with Crippen LogP contribution in [-0.4, -0.2) is 17.5 Å². The van der Waals surface area contributed by atoms with Crippen molar-refractivity contribution in [1.29, 1.82) is 0 Å². The van der Waals surface area contributed by atoms with Crippen LogP contribution in [0.5, 0.6) is 0 Å². The van der Waals surface area contributed by atoms with Gasteiger partial charge in [0.1, 0.15) is 0 Å². The molecule has 0 amide bonds. The summed E-state index contributed by atoms with van der Waals surface area (Å²) in [4.78, 5) is 4.40. The minimum absolute atomic E-state index is 0.793. The summed E-state index contributed by atoms with van der Waals surface area (Å²) < 4.78 is 0. The lowest BCUT2D eigenvalue weighted by Gasteiger charge is -2.13. The predicted molar refractivity (Wildman–Crippen MR) is 69.2 cm³/mol. The fourth-order valence-electron chi connectivity index (χ4n) is 1.33. The van der Waals surface area contributed by atoms with Gasteiger partial charge in [0.05, 0.1) is 0 Å². The molecule has 1 aromatic rings. The molecule has 0 saturated carbocycles. The minimum atomic E-state index is 0.793. The molecular weight excluding hydrogens is 228 g/mol. The first-order valence-corrected chi connectivity index (χ1v) is 6.32. The van der Waals surface area contributed by atoms with E-state index in [1.807, 2.05) is 25.1 Å². The van der Waals surface area contributed by atoms with Crippen LogP contribution in [0.1, 0.15) is 12.0 Å². The molecule has 0 bridgehead atoms.